The number of aromatic nitrogens is 4. The van der Waals surface area contributed by atoms with Crippen LogP contribution in [-0.2, 0) is 19.0 Å². The second-order valence-electron chi connectivity index (χ2n) is 6.03. The number of ether oxygens (including phenoxy) is 3. The third kappa shape index (κ3) is 4.24. The second kappa shape index (κ2) is 8.78. The molecular formula is C16H18N6O7. The number of hydrogen-bond donors (Lipinski definition) is 3. The minimum Gasteiger partial charge on any atom is -0.455 e. The zero-order chi connectivity index (χ0) is 21.0. The zero-order valence-electron chi connectivity index (χ0n) is 15.3. The van der Waals surface area contributed by atoms with E-state index in [-0.39, 0.29) is 30.0 Å². The molecule has 4 atom stereocenters. The number of hydrogen-bond acceptors (Lipinski definition) is 11. The third-order valence-electron chi connectivity index (χ3n) is 4.10. The van der Waals surface area contributed by atoms with Crippen molar-refractivity contribution >= 4 is 29.0 Å². The van der Waals surface area contributed by atoms with E-state index in [1.54, 1.807) is 0 Å². The highest BCUT2D eigenvalue weighted by Crippen LogP contribution is 2.34. The molecule has 154 valence electrons. The lowest BCUT2D eigenvalue weighted by molar-refractivity contribution is -0.155. The van der Waals surface area contributed by atoms with Gasteiger partial charge in [0.15, 0.2) is 29.3 Å². The van der Waals surface area contributed by atoms with E-state index in [1.165, 1.54) is 24.1 Å². The first-order valence-corrected chi connectivity index (χ1v) is 8.56. The Morgan fingerprint density at radius 1 is 1.41 bits per heavy atom. The lowest BCUT2D eigenvalue weighted by Crippen LogP contribution is -2.36. The maximum atomic E-state index is 11.8. The lowest BCUT2D eigenvalue weighted by Gasteiger charge is -2.21. The Balaban J connectivity index is 1.88. The number of fused-ring (bicyclic) bond motifs is 1. The van der Waals surface area contributed by atoms with Crippen LogP contribution in [0.5, 0.6) is 0 Å². The van der Waals surface area contributed by atoms with Gasteiger partial charge in [0, 0.05) is 6.92 Å². The number of carbonyl (C=O) groups excluding carboxylic acids is 2. The molecule has 0 aromatic carbocycles. The van der Waals surface area contributed by atoms with E-state index >= 15 is 0 Å². The summed E-state index contributed by atoms with van der Waals surface area (Å²) in [5, 5.41) is 30.6. The average Bonchev–Trinajstić information content (AvgIpc) is 3.24. The number of rotatable bonds is 6. The van der Waals surface area contributed by atoms with Crippen LogP contribution >= 0.6 is 0 Å². The maximum absolute atomic E-state index is 11.8. The molecule has 13 heteroatoms. The van der Waals surface area contributed by atoms with Crippen LogP contribution in [0.4, 0.5) is 10.6 Å². The maximum Gasteiger partial charge on any atom is 0.412 e. The molecule has 1 fully saturated rings. The van der Waals surface area contributed by atoms with E-state index in [0.29, 0.717) is 0 Å². The van der Waals surface area contributed by atoms with Crippen molar-refractivity contribution in [2.75, 3.05) is 18.5 Å². The number of esters is 1. The van der Waals surface area contributed by atoms with Gasteiger partial charge in [-0.05, 0) is 0 Å². The quantitative estimate of drug-likeness (QED) is 0.414. The summed E-state index contributed by atoms with van der Waals surface area (Å²) < 4.78 is 17.0. The predicted octanol–water partition coefficient (Wildman–Crippen LogP) is -0.529. The largest absolute Gasteiger partial charge is 0.455 e. The Bertz CT molecular complexity index is 941. The lowest BCUT2D eigenvalue weighted by atomic mass is 10.1. The number of anilines is 1. The average molecular weight is 406 g/mol. The fourth-order valence-electron chi connectivity index (χ4n) is 2.86. The van der Waals surface area contributed by atoms with E-state index in [9.17, 15) is 19.8 Å². The van der Waals surface area contributed by atoms with Gasteiger partial charge in [-0.3, -0.25) is 14.7 Å². The van der Waals surface area contributed by atoms with Gasteiger partial charge in [0.1, 0.15) is 25.1 Å². The molecule has 0 unspecified atom stereocenters. The molecule has 3 heterocycles. The van der Waals surface area contributed by atoms with Gasteiger partial charge in [0.25, 0.3) is 0 Å². The Morgan fingerprint density at radius 3 is 2.90 bits per heavy atom. The number of nitriles is 1. The van der Waals surface area contributed by atoms with E-state index in [2.05, 4.69) is 20.3 Å². The molecule has 0 spiro atoms. The first-order chi connectivity index (χ1) is 14.0. The first-order valence-electron chi connectivity index (χ1n) is 8.56. The Hall–Kier alpha value is -3.34. The molecule has 3 N–H and O–H groups in total. The van der Waals surface area contributed by atoms with Crippen molar-refractivity contribution in [1.29, 1.82) is 5.26 Å². The van der Waals surface area contributed by atoms with Gasteiger partial charge < -0.3 is 24.4 Å². The molecule has 0 bridgehead atoms. The fourth-order valence-corrected chi connectivity index (χ4v) is 2.86. The molecule has 13 nitrogen and oxygen atoms in total. The van der Waals surface area contributed by atoms with Crippen LogP contribution < -0.4 is 5.32 Å². The number of imidazole rings is 1. The van der Waals surface area contributed by atoms with Gasteiger partial charge in [-0.1, -0.05) is 0 Å². The van der Waals surface area contributed by atoms with Gasteiger partial charge in [-0.15, -0.1) is 0 Å². The van der Waals surface area contributed by atoms with Crippen LogP contribution in [0.1, 0.15) is 19.6 Å². The number of amides is 1. The van der Waals surface area contributed by atoms with E-state index < -0.39 is 43.2 Å². The third-order valence-corrected chi connectivity index (χ3v) is 4.10. The number of nitrogens with zero attached hydrogens (tertiary/aromatic N) is 5. The highest BCUT2D eigenvalue weighted by molar-refractivity contribution is 5.93. The molecule has 3 rings (SSSR count). The van der Waals surface area contributed by atoms with Crippen LogP contribution in [0, 0.1) is 11.3 Å². The SMILES string of the molecule is CC(=O)O[C@@H]1[C@H](O)[C@@H](CO)O[C@H]1n1cnc2c(NC(=O)OCCC#N)ncnc21. The number of aliphatic hydroxyl groups is 2. The summed E-state index contributed by atoms with van der Waals surface area (Å²) in [6.07, 6.45) is -2.64. The van der Waals surface area contributed by atoms with Crippen molar-refractivity contribution in [2.24, 2.45) is 0 Å². The fraction of sp³-hybridized carbons (Fsp3) is 0.500. The summed E-state index contributed by atoms with van der Waals surface area (Å²) in [4.78, 5) is 35.4. The summed E-state index contributed by atoms with van der Waals surface area (Å²) >= 11 is 0. The zero-order valence-corrected chi connectivity index (χ0v) is 15.3. The van der Waals surface area contributed by atoms with Gasteiger partial charge in [-0.2, -0.15) is 5.26 Å². The molecule has 1 amide bonds. The topological polar surface area (TPSA) is 182 Å². The standard InChI is InChI=1S/C16H18N6O7/c1-8(24)28-12-11(25)9(5-23)29-15(12)22-7-20-10-13(18-6-19-14(10)22)21-16(26)27-4-2-3-17/h6-7,9,11-12,15,23,25H,2,4-5H2,1H3,(H,18,19,21,26)/t9-,11-,12-,15-/m1/s1. The molecule has 1 saturated heterocycles. The van der Waals surface area contributed by atoms with Crippen molar-refractivity contribution in [3.8, 4) is 6.07 Å². The summed E-state index contributed by atoms with van der Waals surface area (Å²) in [6.45, 7) is 0.619. The number of nitrogens with one attached hydrogen (secondary N) is 1. The van der Waals surface area contributed by atoms with Gasteiger partial charge in [0.2, 0.25) is 0 Å². The molecule has 0 aliphatic carbocycles. The Labute approximate surface area is 163 Å². The highest BCUT2D eigenvalue weighted by atomic mass is 16.6. The van der Waals surface area contributed by atoms with E-state index in [1.807, 2.05) is 6.07 Å². The summed E-state index contributed by atoms with van der Waals surface area (Å²) in [5.41, 5.74) is 0.414. The summed E-state index contributed by atoms with van der Waals surface area (Å²) in [6, 6.07) is 1.85. The monoisotopic (exact) mass is 406 g/mol. The molecule has 2 aromatic heterocycles. The Morgan fingerprint density at radius 2 is 2.21 bits per heavy atom. The molecule has 0 radical (unpaired) electrons. The molecule has 1 aliphatic rings. The van der Waals surface area contributed by atoms with Gasteiger partial charge in [-0.25, -0.2) is 19.7 Å². The van der Waals surface area contributed by atoms with Crippen molar-refractivity contribution < 1.29 is 34.0 Å². The second-order valence-corrected chi connectivity index (χ2v) is 6.03. The molecular weight excluding hydrogens is 388 g/mol. The molecule has 2 aromatic rings. The minimum atomic E-state index is -1.26. The number of carbonyl (C=O) groups is 2. The minimum absolute atomic E-state index is 0.0478. The predicted molar refractivity (Wildman–Crippen MR) is 93.1 cm³/mol. The van der Waals surface area contributed by atoms with Crippen LogP contribution in [0.3, 0.4) is 0 Å². The number of aliphatic hydroxyl groups excluding tert-OH is 2. The normalized spacial score (nSPS) is 23.5. The van der Waals surface area contributed by atoms with E-state index in [0.717, 1.165) is 0 Å². The van der Waals surface area contributed by atoms with Crippen LogP contribution in [0.25, 0.3) is 11.2 Å². The van der Waals surface area contributed by atoms with Crippen molar-refractivity contribution in [1.82, 2.24) is 19.5 Å². The smallest absolute Gasteiger partial charge is 0.412 e. The van der Waals surface area contributed by atoms with Crippen molar-refractivity contribution in [3.63, 3.8) is 0 Å². The molecule has 29 heavy (non-hydrogen) atoms. The molecule has 1 aliphatic heterocycles. The van der Waals surface area contributed by atoms with Crippen molar-refractivity contribution in [2.45, 2.75) is 37.9 Å². The summed E-state index contributed by atoms with van der Waals surface area (Å²) in [7, 11) is 0. The Kier molecular flexibility index (Phi) is 6.17. The van der Waals surface area contributed by atoms with Crippen LogP contribution in [0.15, 0.2) is 12.7 Å². The van der Waals surface area contributed by atoms with Crippen molar-refractivity contribution in [3.05, 3.63) is 12.7 Å². The van der Waals surface area contributed by atoms with E-state index in [4.69, 9.17) is 19.5 Å². The van der Waals surface area contributed by atoms with Gasteiger partial charge in [0.05, 0.1) is 25.4 Å². The summed E-state index contributed by atoms with van der Waals surface area (Å²) in [5.74, 6) is -0.584. The highest BCUT2D eigenvalue weighted by Gasteiger charge is 2.47. The molecule has 0 saturated carbocycles. The van der Waals surface area contributed by atoms with Crippen LogP contribution in [0.2, 0.25) is 0 Å². The van der Waals surface area contributed by atoms with Crippen LogP contribution in [-0.4, -0.2) is 73.3 Å². The first kappa shape index (κ1) is 20.4. The van der Waals surface area contributed by atoms with Gasteiger partial charge >= 0.3 is 12.1 Å².